The molecule has 0 saturated carbocycles. The number of ether oxygens (including phenoxy) is 2. The molecule has 0 aromatic carbocycles. The molecule has 2 aliphatic rings. The van der Waals surface area contributed by atoms with E-state index in [1.165, 1.54) is 25.0 Å². The van der Waals surface area contributed by atoms with E-state index in [0.717, 1.165) is 24.5 Å². The van der Waals surface area contributed by atoms with Gasteiger partial charge < -0.3 is 0 Å². The summed E-state index contributed by atoms with van der Waals surface area (Å²) in [6.07, 6.45) is 13.0. The van der Waals surface area contributed by atoms with Gasteiger partial charge in [-0.3, -0.25) is 0 Å². The van der Waals surface area contributed by atoms with Crippen LogP contribution in [0.15, 0.2) is 33.3 Å². The normalized spacial score (nSPS) is 24.7. The van der Waals surface area contributed by atoms with Gasteiger partial charge in [0.15, 0.2) is 0 Å². The molecule has 122 valence electrons. The number of methoxy groups -OCH3 is 2. The van der Waals surface area contributed by atoms with Gasteiger partial charge in [0, 0.05) is 0 Å². The molecule has 2 nitrogen and oxygen atoms in total. The van der Waals surface area contributed by atoms with Crippen LogP contribution in [0.2, 0.25) is 0 Å². The Hall–Kier alpha value is 0.280. The van der Waals surface area contributed by atoms with Crippen molar-refractivity contribution >= 4 is 19.8 Å². The Balaban J connectivity index is 1.86. The van der Waals surface area contributed by atoms with E-state index in [1.807, 2.05) is 0 Å². The predicted octanol–water partition coefficient (Wildman–Crippen LogP) is 1.85. The zero-order valence-corrected chi connectivity index (χ0v) is 17.8. The molecular weight excluding hydrogens is 490 g/mol. The number of hydrogen-bond donors (Lipinski definition) is 0. The van der Waals surface area contributed by atoms with E-state index in [0.29, 0.717) is 21.2 Å². The van der Waals surface area contributed by atoms with Crippen molar-refractivity contribution < 1.29 is 30.7 Å². The van der Waals surface area contributed by atoms with Crippen molar-refractivity contribution in [1.82, 2.24) is 0 Å². The second kappa shape index (κ2) is 8.79. The monoisotopic (exact) mass is 517 g/mol. The Morgan fingerprint density at radius 2 is 1.90 bits per heavy atom. The maximum atomic E-state index is 5.36. The standard InChI is InChI=1S/C17H27I2O2/c1-13(18-14-5-9-16(20-3)10-6-14)19(2)15-7-11-17(21-4)12-8-15/h7,9,11,13-14H,5-6,8,10,12H2,1-4H3/q-1. The van der Waals surface area contributed by atoms with Crippen molar-refractivity contribution in [2.75, 3.05) is 19.2 Å². The Bertz CT molecular complexity index is 440. The first-order chi connectivity index (χ1) is 10.1. The van der Waals surface area contributed by atoms with E-state index in [1.54, 1.807) is 17.8 Å². The SMILES string of the molecule is COC1=CC=C(I(C)C(C)[I-]C2CC=C(OC)CC2)CC1. The molecule has 0 heterocycles. The third-order valence-corrected chi connectivity index (χ3v) is 19.4. The summed E-state index contributed by atoms with van der Waals surface area (Å²) in [4.78, 5) is 2.57. The van der Waals surface area contributed by atoms with Gasteiger partial charge in [-0.15, -0.1) is 0 Å². The van der Waals surface area contributed by atoms with Crippen LogP contribution >= 0.6 is 19.8 Å². The maximum absolute atomic E-state index is 5.36. The first-order valence-electron chi connectivity index (χ1n) is 7.51. The molecule has 4 heteroatoms. The van der Waals surface area contributed by atoms with Crippen LogP contribution in [-0.2, 0) is 9.47 Å². The van der Waals surface area contributed by atoms with Gasteiger partial charge in [0.05, 0.1) is 0 Å². The van der Waals surface area contributed by atoms with E-state index in [9.17, 15) is 0 Å². The second-order valence-corrected chi connectivity index (χ2v) is 18.3. The minimum atomic E-state index is -0.941. The third-order valence-electron chi connectivity index (χ3n) is 4.08. The van der Waals surface area contributed by atoms with Gasteiger partial charge in [-0.05, 0) is 0 Å². The van der Waals surface area contributed by atoms with Crippen molar-refractivity contribution in [3.8, 4) is 0 Å². The van der Waals surface area contributed by atoms with E-state index < -0.39 is 19.8 Å². The van der Waals surface area contributed by atoms with Crippen molar-refractivity contribution in [2.24, 2.45) is 0 Å². The first-order valence-corrected chi connectivity index (χ1v) is 14.5. The molecule has 0 saturated heterocycles. The van der Waals surface area contributed by atoms with E-state index in [2.05, 4.69) is 30.1 Å². The summed E-state index contributed by atoms with van der Waals surface area (Å²) >= 11 is -0.630. The van der Waals surface area contributed by atoms with Crippen LogP contribution in [-0.4, -0.2) is 25.0 Å². The van der Waals surface area contributed by atoms with Crippen molar-refractivity contribution in [1.29, 1.82) is 0 Å². The average molecular weight is 517 g/mol. The summed E-state index contributed by atoms with van der Waals surface area (Å²) in [5.41, 5.74) is 0. The van der Waals surface area contributed by atoms with Gasteiger partial charge in [0.25, 0.3) is 0 Å². The van der Waals surface area contributed by atoms with Gasteiger partial charge in [-0.2, -0.15) is 0 Å². The van der Waals surface area contributed by atoms with Crippen molar-refractivity contribution in [2.45, 2.75) is 44.9 Å². The summed E-state index contributed by atoms with van der Waals surface area (Å²) in [5.74, 6) is 2.36. The fraction of sp³-hybridized carbons (Fsp3) is 0.647. The third kappa shape index (κ3) is 5.15. The zero-order chi connectivity index (χ0) is 15.2. The molecule has 21 heavy (non-hydrogen) atoms. The quantitative estimate of drug-likeness (QED) is 0.396. The van der Waals surface area contributed by atoms with Crippen LogP contribution in [0.1, 0.15) is 39.0 Å². The minimum absolute atomic E-state index is 0.311. The van der Waals surface area contributed by atoms with Gasteiger partial charge >= 0.3 is 148 Å². The summed E-state index contributed by atoms with van der Waals surface area (Å²) in [5, 5.41) is 0. The molecule has 0 fully saturated rings. The topological polar surface area (TPSA) is 18.5 Å². The summed E-state index contributed by atoms with van der Waals surface area (Å²) in [6.45, 7) is 2.53. The van der Waals surface area contributed by atoms with Crippen molar-refractivity contribution in [3.05, 3.63) is 33.3 Å². The average Bonchev–Trinajstić information content (AvgIpc) is 2.55. The number of rotatable bonds is 6. The molecule has 0 aromatic rings. The molecule has 0 aliphatic heterocycles. The fourth-order valence-corrected chi connectivity index (χ4v) is 15.9. The molecule has 2 atom stereocenters. The Morgan fingerprint density at radius 1 is 1.14 bits per heavy atom. The van der Waals surface area contributed by atoms with Gasteiger partial charge in [-0.25, -0.2) is 0 Å². The van der Waals surface area contributed by atoms with Crippen LogP contribution < -0.4 is 21.2 Å². The van der Waals surface area contributed by atoms with Crippen LogP contribution in [0.3, 0.4) is 0 Å². The molecule has 0 bridgehead atoms. The molecule has 0 aromatic heterocycles. The molecule has 0 radical (unpaired) electrons. The summed E-state index contributed by atoms with van der Waals surface area (Å²) in [7, 11) is 3.59. The van der Waals surface area contributed by atoms with Crippen LogP contribution in [0, 0.1) is 0 Å². The van der Waals surface area contributed by atoms with E-state index in [4.69, 9.17) is 9.47 Å². The van der Waals surface area contributed by atoms with Crippen LogP contribution in [0.25, 0.3) is 0 Å². The number of hydrogen-bond acceptors (Lipinski definition) is 2. The molecule has 2 rings (SSSR count). The number of halogens is 2. The summed E-state index contributed by atoms with van der Waals surface area (Å²) in [6, 6.07) is 0. The predicted molar refractivity (Wildman–Crippen MR) is 94.5 cm³/mol. The molecule has 2 aliphatic carbocycles. The van der Waals surface area contributed by atoms with Gasteiger partial charge in [0.2, 0.25) is 0 Å². The van der Waals surface area contributed by atoms with E-state index >= 15 is 0 Å². The van der Waals surface area contributed by atoms with Crippen LogP contribution in [0.4, 0.5) is 0 Å². The summed E-state index contributed by atoms with van der Waals surface area (Å²) < 4.78 is 14.5. The fourth-order valence-electron chi connectivity index (χ4n) is 2.60. The van der Waals surface area contributed by atoms with E-state index in [-0.39, 0.29) is 0 Å². The first kappa shape index (κ1) is 17.6. The molecule has 0 amide bonds. The molecule has 2 unspecified atom stereocenters. The van der Waals surface area contributed by atoms with Crippen molar-refractivity contribution in [3.63, 3.8) is 0 Å². The molecule has 0 spiro atoms. The van der Waals surface area contributed by atoms with Gasteiger partial charge in [-0.1, -0.05) is 0 Å². The number of alkyl halides is 4. The Morgan fingerprint density at radius 3 is 2.43 bits per heavy atom. The molecular formula is C17H27I2O2-. The Kier molecular flexibility index (Phi) is 7.38. The van der Waals surface area contributed by atoms with Gasteiger partial charge in [0.1, 0.15) is 0 Å². The molecule has 0 N–H and O–H groups in total. The zero-order valence-electron chi connectivity index (χ0n) is 13.5. The second-order valence-electron chi connectivity index (χ2n) is 5.36. The number of allylic oxidation sites excluding steroid dienone is 6. The van der Waals surface area contributed by atoms with Crippen LogP contribution in [0.5, 0.6) is 0 Å². The Labute approximate surface area is 147 Å².